The molecule has 0 bridgehead atoms. The molecule has 118 valence electrons. The van der Waals surface area contributed by atoms with Crippen LogP contribution in [-0.4, -0.2) is 20.2 Å². The lowest BCUT2D eigenvalue weighted by Crippen LogP contribution is -2.37. The van der Waals surface area contributed by atoms with Gasteiger partial charge in [-0.1, -0.05) is 26.8 Å². The van der Waals surface area contributed by atoms with Crippen LogP contribution in [0.5, 0.6) is 5.75 Å². The predicted molar refractivity (Wildman–Crippen MR) is 92.9 cm³/mol. The second-order valence-electron chi connectivity index (χ2n) is 7.10. The molecule has 1 unspecified atom stereocenters. The van der Waals surface area contributed by atoms with Crippen molar-refractivity contribution in [2.24, 2.45) is 17.3 Å². The van der Waals surface area contributed by atoms with Crippen molar-refractivity contribution in [3.05, 3.63) is 28.2 Å². The second kappa shape index (κ2) is 7.15. The Kier molecular flexibility index (Phi) is 5.73. The molecular weight excluding hydrogens is 326 g/mol. The van der Waals surface area contributed by atoms with E-state index in [0.29, 0.717) is 11.3 Å². The average molecular weight is 354 g/mol. The summed E-state index contributed by atoms with van der Waals surface area (Å²) in [6.07, 6.45) is 3.90. The van der Waals surface area contributed by atoms with E-state index >= 15 is 0 Å². The molecule has 0 heterocycles. The summed E-state index contributed by atoms with van der Waals surface area (Å²) < 4.78 is 6.37. The topological polar surface area (TPSA) is 21.3 Å². The molecule has 1 aromatic carbocycles. The Balaban J connectivity index is 2.03. The number of nitrogens with one attached hydrogen (secondary N) is 1. The summed E-state index contributed by atoms with van der Waals surface area (Å²) in [6, 6.07) is 6.48. The van der Waals surface area contributed by atoms with Crippen LogP contribution >= 0.6 is 15.9 Å². The van der Waals surface area contributed by atoms with Crippen molar-refractivity contribution in [1.29, 1.82) is 0 Å². The molecule has 1 N–H and O–H groups in total. The Morgan fingerprint density at radius 1 is 1.38 bits per heavy atom. The molecular formula is C18H28BrNO. The molecule has 2 nitrogen and oxygen atoms in total. The van der Waals surface area contributed by atoms with Crippen LogP contribution in [0.3, 0.4) is 0 Å². The molecule has 2 rings (SSSR count). The van der Waals surface area contributed by atoms with E-state index < -0.39 is 0 Å². The zero-order chi connectivity index (χ0) is 15.5. The molecule has 1 aliphatic rings. The predicted octanol–water partition coefficient (Wildman–Crippen LogP) is 4.66. The summed E-state index contributed by atoms with van der Waals surface area (Å²) in [5.41, 5.74) is 1.76. The summed E-state index contributed by atoms with van der Waals surface area (Å²) in [7, 11) is 1.71. The summed E-state index contributed by atoms with van der Waals surface area (Å²) >= 11 is 3.60. The largest absolute Gasteiger partial charge is 0.496 e. The number of ether oxygens (including phenoxy) is 1. The van der Waals surface area contributed by atoms with Gasteiger partial charge in [0.2, 0.25) is 0 Å². The van der Waals surface area contributed by atoms with E-state index in [1.165, 1.54) is 18.4 Å². The Morgan fingerprint density at radius 3 is 2.62 bits per heavy atom. The lowest BCUT2D eigenvalue weighted by atomic mass is 9.78. The van der Waals surface area contributed by atoms with Gasteiger partial charge in [-0.15, -0.1) is 0 Å². The molecule has 1 aliphatic carbocycles. The molecule has 0 spiro atoms. The highest BCUT2D eigenvalue weighted by molar-refractivity contribution is 9.10. The normalized spacial score (nSPS) is 17.8. The number of methoxy groups -OCH3 is 1. The molecule has 0 radical (unpaired) electrons. The quantitative estimate of drug-likeness (QED) is 0.733. The van der Waals surface area contributed by atoms with E-state index in [4.69, 9.17) is 4.74 Å². The van der Waals surface area contributed by atoms with Crippen molar-refractivity contribution in [3.63, 3.8) is 0 Å². The van der Waals surface area contributed by atoms with Gasteiger partial charge in [0.05, 0.1) is 11.6 Å². The third kappa shape index (κ3) is 4.72. The number of hydrogen-bond donors (Lipinski definition) is 1. The van der Waals surface area contributed by atoms with Crippen molar-refractivity contribution >= 4 is 15.9 Å². The van der Waals surface area contributed by atoms with Gasteiger partial charge in [-0.05, 0) is 76.7 Å². The van der Waals surface area contributed by atoms with Crippen LogP contribution in [0.15, 0.2) is 22.7 Å². The van der Waals surface area contributed by atoms with E-state index in [9.17, 15) is 0 Å². The number of halogens is 1. The highest BCUT2D eigenvalue weighted by atomic mass is 79.9. The fraction of sp³-hybridized carbons (Fsp3) is 0.667. The van der Waals surface area contributed by atoms with Crippen molar-refractivity contribution in [1.82, 2.24) is 5.32 Å². The number of rotatable bonds is 8. The summed E-state index contributed by atoms with van der Waals surface area (Å²) in [4.78, 5) is 0. The summed E-state index contributed by atoms with van der Waals surface area (Å²) in [5, 5.41) is 3.67. The second-order valence-corrected chi connectivity index (χ2v) is 7.95. The van der Waals surface area contributed by atoms with Crippen LogP contribution in [0.2, 0.25) is 0 Å². The summed E-state index contributed by atoms with van der Waals surface area (Å²) in [6.45, 7) is 9.19. The van der Waals surface area contributed by atoms with Crippen LogP contribution in [0, 0.1) is 17.3 Å². The Morgan fingerprint density at radius 2 is 2.10 bits per heavy atom. The highest BCUT2D eigenvalue weighted by Crippen LogP contribution is 2.47. The average Bonchev–Trinajstić information content (AvgIpc) is 3.23. The molecule has 0 amide bonds. The fourth-order valence-corrected chi connectivity index (χ4v) is 3.65. The van der Waals surface area contributed by atoms with E-state index in [1.54, 1.807) is 7.11 Å². The zero-order valence-electron chi connectivity index (χ0n) is 13.7. The minimum absolute atomic E-state index is 0.364. The van der Waals surface area contributed by atoms with E-state index in [1.807, 2.05) is 0 Å². The van der Waals surface area contributed by atoms with Gasteiger partial charge >= 0.3 is 0 Å². The van der Waals surface area contributed by atoms with Gasteiger partial charge in [-0.25, -0.2) is 0 Å². The molecule has 0 aromatic heterocycles. The third-order valence-corrected chi connectivity index (χ3v) is 5.09. The van der Waals surface area contributed by atoms with Crippen molar-refractivity contribution in [2.75, 3.05) is 20.2 Å². The molecule has 1 aromatic rings. The number of hydrogen-bond acceptors (Lipinski definition) is 2. The maximum atomic E-state index is 5.32. The molecule has 21 heavy (non-hydrogen) atoms. The third-order valence-electron chi connectivity index (χ3n) is 4.47. The minimum Gasteiger partial charge on any atom is -0.496 e. The molecule has 1 atom stereocenters. The minimum atomic E-state index is 0.364. The van der Waals surface area contributed by atoms with Crippen molar-refractivity contribution in [2.45, 2.75) is 40.0 Å². The van der Waals surface area contributed by atoms with Gasteiger partial charge in [0, 0.05) is 6.54 Å². The van der Waals surface area contributed by atoms with Crippen molar-refractivity contribution < 1.29 is 4.74 Å². The maximum absolute atomic E-state index is 5.32. The Labute approximate surface area is 137 Å². The lowest BCUT2D eigenvalue weighted by molar-refractivity contribution is 0.252. The fourth-order valence-electron chi connectivity index (χ4n) is 3.06. The zero-order valence-corrected chi connectivity index (χ0v) is 15.3. The van der Waals surface area contributed by atoms with Crippen LogP contribution in [0.1, 0.15) is 39.2 Å². The summed E-state index contributed by atoms with van der Waals surface area (Å²) in [5.74, 6) is 2.49. The van der Waals surface area contributed by atoms with Gasteiger partial charge in [-0.3, -0.25) is 0 Å². The molecule has 1 saturated carbocycles. The monoisotopic (exact) mass is 353 g/mol. The molecule has 0 aliphatic heterocycles. The standard InChI is InChI=1S/C18H28BrNO/c1-13(2)11-20-12-18(3,15-6-7-15)10-14-5-8-17(21-4)16(19)9-14/h5,8-9,13,15,20H,6-7,10-12H2,1-4H3. The van der Waals surface area contributed by atoms with E-state index in [0.717, 1.165) is 35.7 Å². The first-order valence-corrected chi connectivity index (χ1v) is 8.77. The highest BCUT2D eigenvalue weighted by Gasteiger charge is 2.41. The maximum Gasteiger partial charge on any atom is 0.133 e. The molecule has 3 heteroatoms. The van der Waals surface area contributed by atoms with Crippen molar-refractivity contribution in [3.8, 4) is 5.75 Å². The van der Waals surface area contributed by atoms with E-state index in [2.05, 4.69) is 60.2 Å². The van der Waals surface area contributed by atoms with Gasteiger partial charge in [0.15, 0.2) is 0 Å². The van der Waals surface area contributed by atoms with Gasteiger partial charge in [-0.2, -0.15) is 0 Å². The Hall–Kier alpha value is -0.540. The number of benzene rings is 1. The van der Waals surface area contributed by atoms with E-state index in [-0.39, 0.29) is 0 Å². The SMILES string of the molecule is COc1ccc(CC(C)(CNCC(C)C)C2CC2)cc1Br. The van der Waals surface area contributed by atoms with Gasteiger partial charge in [0.1, 0.15) is 5.75 Å². The first-order chi connectivity index (χ1) is 9.94. The van der Waals surface area contributed by atoms with Crippen LogP contribution in [0.25, 0.3) is 0 Å². The smallest absolute Gasteiger partial charge is 0.133 e. The first kappa shape index (κ1) is 16.8. The lowest BCUT2D eigenvalue weighted by Gasteiger charge is -2.31. The first-order valence-electron chi connectivity index (χ1n) is 7.98. The Bertz CT molecular complexity index is 470. The van der Waals surface area contributed by atoms with Crippen LogP contribution in [-0.2, 0) is 6.42 Å². The van der Waals surface area contributed by atoms with Crippen LogP contribution in [0.4, 0.5) is 0 Å². The molecule has 1 fully saturated rings. The van der Waals surface area contributed by atoms with Crippen LogP contribution < -0.4 is 10.1 Å². The molecule has 0 saturated heterocycles. The van der Waals surface area contributed by atoms with Gasteiger partial charge < -0.3 is 10.1 Å². The van der Waals surface area contributed by atoms with Gasteiger partial charge in [0.25, 0.3) is 0 Å².